The van der Waals surface area contributed by atoms with Gasteiger partial charge in [0.05, 0.1) is 5.41 Å². The van der Waals surface area contributed by atoms with Gasteiger partial charge in [-0.1, -0.05) is 0 Å². The van der Waals surface area contributed by atoms with E-state index < -0.39 is 5.41 Å². The summed E-state index contributed by atoms with van der Waals surface area (Å²) in [6.45, 7) is 5.18. The standard InChI is InChI=1S/C11H14BrN5O3/c1-11(2,3)9(19)20-5-17-4-13-7-6(17)8(18)15-10(14-7)16-12/h4H,5H2,1-3H3,(H2,14,15,16,18). The van der Waals surface area contributed by atoms with Crippen LogP contribution in [0.1, 0.15) is 20.8 Å². The van der Waals surface area contributed by atoms with Crippen LogP contribution in [0.15, 0.2) is 11.1 Å². The van der Waals surface area contributed by atoms with Gasteiger partial charge in [-0.15, -0.1) is 0 Å². The molecule has 2 aromatic rings. The molecule has 108 valence electrons. The molecule has 0 fully saturated rings. The monoisotopic (exact) mass is 343 g/mol. The number of hydrogen-bond donors (Lipinski definition) is 2. The van der Waals surface area contributed by atoms with Crippen LogP contribution < -0.4 is 9.90 Å². The van der Waals surface area contributed by atoms with Crippen molar-refractivity contribution in [3.8, 4) is 0 Å². The zero-order valence-electron chi connectivity index (χ0n) is 11.2. The Morgan fingerprint density at radius 1 is 1.55 bits per heavy atom. The van der Waals surface area contributed by atoms with Crippen LogP contribution in [0.5, 0.6) is 0 Å². The Labute approximate surface area is 122 Å². The van der Waals surface area contributed by atoms with Crippen LogP contribution in [0.3, 0.4) is 0 Å². The molecule has 0 unspecified atom stereocenters. The van der Waals surface area contributed by atoms with Crippen molar-refractivity contribution in [3.63, 3.8) is 0 Å². The summed E-state index contributed by atoms with van der Waals surface area (Å²) in [5.74, 6) is -0.109. The molecule has 0 radical (unpaired) electrons. The van der Waals surface area contributed by atoms with Crippen molar-refractivity contribution in [2.75, 3.05) is 4.34 Å². The molecule has 0 saturated heterocycles. The van der Waals surface area contributed by atoms with Gasteiger partial charge in [0.2, 0.25) is 5.95 Å². The highest BCUT2D eigenvalue weighted by Crippen LogP contribution is 2.16. The highest BCUT2D eigenvalue weighted by Gasteiger charge is 2.23. The maximum atomic E-state index is 11.9. The van der Waals surface area contributed by atoms with E-state index in [0.717, 1.165) is 0 Å². The van der Waals surface area contributed by atoms with E-state index in [1.165, 1.54) is 10.9 Å². The maximum absolute atomic E-state index is 11.9. The number of aromatic amines is 1. The second-order valence-electron chi connectivity index (χ2n) is 5.21. The van der Waals surface area contributed by atoms with E-state index in [-0.39, 0.29) is 35.4 Å². The second-order valence-corrected chi connectivity index (χ2v) is 5.60. The molecule has 0 saturated carbocycles. The molecule has 20 heavy (non-hydrogen) atoms. The Bertz CT molecular complexity index is 700. The number of hydrogen-bond acceptors (Lipinski definition) is 6. The highest BCUT2D eigenvalue weighted by atomic mass is 79.9. The molecule has 0 amide bonds. The summed E-state index contributed by atoms with van der Waals surface area (Å²) in [6, 6.07) is 0. The van der Waals surface area contributed by atoms with Gasteiger partial charge in [-0.25, -0.2) is 4.98 Å². The van der Waals surface area contributed by atoms with E-state index in [2.05, 4.69) is 35.4 Å². The molecule has 0 bridgehead atoms. The number of carbonyl (C=O) groups excluding carboxylic acids is 1. The fraction of sp³-hybridized carbons (Fsp3) is 0.455. The highest BCUT2D eigenvalue weighted by molar-refractivity contribution is 9.10. The number of nitrogens with one attached hydrogen (secondary N) is 2. The van der Waals surface area contributed by atoms with Crippen LogP contribution in [0.2, 0.25) is 0 Å². The fourth-order valence-corrected chi connectivity index (χ4v) is 1.66. The number of H-pyrrole nitrogens is 1. The van der Waals surface area contributed by atoms with Gasteiger partial charge in [-0.3, -0.25) is 23.5 Å². The van der Waals surface area contributed by atoms with Crippen LogP contribution in [-0.4, -0.2) is 25.5 Å². The van der Waals surface area contributed by atoms with E-state index in [1.54, 1.807) is 20.8 Å². The molecule has 8 nitrogen and oxygen atoms in total. The number of rotatable bonds is 3. The Morgan fingerprint density at radius 3 is 2.85 bits per heavy atom. The van der Waals surface area contributed by atoms with E-state index in [9.17, 15) is 9.59 Å². The number of anilines is 1. The molecular weight excluding hydrogens is 330 g/mol. The van der Waals surface area contributed by atoms with Crippen LogP contribution in [0.4, 0.5) is 5.95 Å². The quantitative estimate of drug-likeness (QED) is 0.644. The Morgan fingerprint density at radius 2 is 2.25 bits per heavy atom. The number of nitrogens with zero attached hydrogens (tertiary/aromatic N) is 3. The summed E-state index contributed by atoms with van der Waals surface area (Å²) in [5.41, 5.74) is -0.462. The Balaban J connectivity index is 2.29. The summed E-state index contributed by atoms with van der Waals surface area (Å²) >= 11 is 2.97. The predicted octanol–water partition coefficient (Wildman–Crippen LogP) is 1.39. The topological polar surface area (TPSA) is 102 Å². The number of imidazole rings is 1. The van der Waals surface area contributed by atoms with Gasteiger partial charge < -0.3 is 4.74 Å². The molecule has 0 spiro atoms. The predicted molar refractivity (Wildman–Crippen MR) is 76.2 cm³/mol. The summed E-state index contributed by atoms with van der Waals surface area (Å²) in [6.07, 6.45) is 1.40. The molecule has 0 atom stereocenters. The number of ether oxygens (including phenoxy) is 1. The van der Waals surface area contributed by atoms with Crippen molar-refractivity contribution in [2.24, 2.45) is 5.41 Å². The molecular formula is C11H14BrN5O3. The van der Waals surface area contributed by atoms with Crippen LogP contribution >= 0.6 is 16.1 Å². The third-order valence-electron chi connectivity index (χ3n) is 2.52. The van der Waals surface area contributed by atoms with Crippen molar-refractivity contribution < 1.29 is 9.53 Å². The maximum Gasteiger partial charge on any atom is 0.312 e. The van der Waals surface area contributed by atoms with Gasteiger partial charge in [-0.05, 0) is 20.8 Å². The van der Waals surface area contributed by atoms with Gasteiger partial charge in [0.1, 0.15) is 6.33 Å². The molecule has 0 aliphatic carbocycles. The first-order valence-corrected chi connectivity index (χ1v) is 6.61. The molecule has 0 aliphatic heterocycles. The van der Waals surface area contributed by atoms with Crippen molar-refractivity contribution in [1.29, 1.82) is 0 Å². The van der Waals surface area contributed by atoms with E-state index in [0.29, 0.717) is 0 Å². The minimum absolute atomic E-state index is 0.0849. The Kier molecular flexibility index (Phi) is 3.80. The fourth-order valence-electron chi connectivity index (χ4n) is 1.47. The van der Waals surface area contributed by atoms with Gasteiger partial charge in [0, 0.05) is 16.1 Å². The van der Waals surface area contributed by atoms with Gasteiger partial charge >= 0.3 is 5.97 Å². The third kappa shape index (κ3) is 2.82. The first kappa shape index (κ1) is 14.5. The SMILES string of the molecule is CC(C)(C)C(=O)OCn1cnc2nc(NBr)[nH]c(=O)c21. The Hall–Kier alpha value is -1.90. The lowest BCUT2D eigenvalue weighted by atomic mass is 9.98. The molecule has 0 aromatic carbocycles. The van der Waals surface area contributed by atoms with Gasteiger partial charge in [0.25, 0.3) is 5.56 Å². The average Bonchev–Trinajstić information content (AvgIpc) is 2.78. The first-order valence-electron chi connectivity index (χ1n) is 5.82. The van der Waals surface area contributed by atoms with Gasteiger partial charge in [0.15, 0.2) is 17.9 Å². The van der Waals surface area contributed by atoms with Crippen LogP contribution in [0, 0.1) is 5.41 Å². The van der Waals surface area contributed by atoms with Crippen molar-refractivity contribution in [2.45, 2.75) is 27.5 Å². The van der Waals surface area contributed by atoms with Crippen LogP contribution in [0.25, 0.3) is 11.2 Å². The number of esters is 1. The van der Waals surface area contributed by atoms with Crippen LogP contribution in [-0.2, 0) is 16.3 Å². The normalized spacial score (nSPS) is 11.6. The van der Waals surface area contributed by atoms with Crippen molar-refractivity contribution in [1.82, 2.24) is 19.5 Å². The minimum Gasteiger partial charge on any atom is -0.443 e. The zero-order chi connectivity index (χ0) is 14.9. The molecule has 2 N–H and O–H groups in total. The smallest absolute Gasteiger partial charge is 0.312 e. The second kappa shape index (κ2) is 5.23. The number of aromatic nitrogens is 4. The van der Waals surface area contributed by atoms with E-state index in [4.69, 9.17) is 4.74 Å². The zero-order valence-corrected chi connectivity index (χ0v) is 12.8. The third-order valence-corrected chi connectivity index (χ3v) is 2.90. The minimum atomic E-state index is -0.603. The lowest BCUT2D eigenvalue weighted by molar-refractivity contribution is -0.156. The summed E-state index contributed by atoms with van der Waals surface area (Å²) in [4.78, 5) is 34.2. The molecule has 2 rings (SSSR count). The summed E-state index contributed by atoms with van der Waals surface area (Å²) in [5, 5.41) is 0. The number of carbonyl (C=O) groups is 1. The summed E-state index contributed by atoms with van der Waals surface area (Å²) in [7, 11) is 0. The van der Waals surface area contributed by atoms with Crippen molar-refractivity contribution in [3.05, 3.63) is 16.7 Å². The van der Waals surface area contributed by atoms with Crippen molar-refractivity contribution >= 4 is 39.2 Å². The number of halogens is 1. The number of fused-ring (bicyclic) bond motifs is 1. The lowest BCUT2D eigenvalue weighted by Gasteiger charge is -2.16. The van der Waals surface area contributed by atoms with E-state index in [1.807, 2.05) is 0 Å². The first-order chi connectivity index (χ1) is 9.32. The molecule has 2 aromatic heterocycles. The largest absolute Gasteiger partial charge is 0.443 e. The molecule has 2 heterocycles. The van der Waals surface area contributed by atoms with E-state index >= 15 is 0 Å². The summed E-state index contributed by atoms with van der Waals surface area (Å²) < 4.78 is 9.13. The molecule has 9 heteroatoms. The lowest BCUT2D eigenvalue weighted by Crippen LogP contribution is -2.24. The average molecular weight is 344 g/mol. The molecule has 0 aliphatic rings. The van der Waals surface area contributed by atoms with Gasteiger partial charge in [-0.2, -0.15) is 4.98 Å².